The zero-order valence-corrected chi connectivity index (χ0v) is 12.3. The lowest BCUT2D eigenvalue weighted by molar-refractivity contribution is -0.131. The maximum absolute atomic E-state index is 12.0. The van der Waals surface area contributed by atoms with E-state index in [4.69, 9.17) is 5.73 Å². The topological polar surface area (TPSA) is 77.0 Å². The van der Waals surface area contributed by atoms with Gasteiger partial charge in [-0.05, 0) is 32.9 Å². The highest BCUT2D eigenvalue weighted by Crippen LogP contribution is 2.17. The SMILES string of the molecule is CCN(CC)C(=O)CCn1c(N)nc2ccc(C)nc21. The largest absolute Gasteiger partial charge is 0.369 e. The molecule has 0 aliphatic rings. The summed E-state index contributed by atoms with van der Waals surface area (Å²) in [5, 5.41) is 0. The quantitative estimate of drug-likeness (QED) is 0.898. The number of pyridine rings is 1. The second-order valence-electron chi connectivity index (χ2n) is 4.73. The van der Waals surface area contributed by atoms with Crippen LogP contribution in [-0.4, -0.2) is 38.4 Å². The van der Waals surface area contributed by atoms with E-state index in [1.807, 2.05) is 42.4 Å². The average molecular weight is 275 g/mol. The minimum atomic E-state index is 0.129. The van der Waals surface area contributed by atoms with Gasteiger partial charge in [0.15, 0.2) is 5.65 Å². The van der Waals surface area contributed by atoms with Gasteiger partial charge in [-0.2, -0.15) is 0 Å². The molecule has 6 nitrogen and oxygen atoms in total. The highest BCUT2D eigenvalue weighted by molar-refractivity contribution is 5.77. The van der Waals surface area contributed by atoms with Crippen LogP contribution in [0.4, 0.5) is 5.95 Å². The molecule has 2 aromatic rings. The Kier molecular flexibility index (Phi) is 4.22. The predicted molar refractivity (Wildman–Crippen MR) is 79.2 cm³/mol. The zero-order chi connectivity index (χ0) is 14.7. The molecule has 0 bridgehead atoms. The third-order valence-electron chi connectivity index (χ3n) is 3.43. The molecule has 0 aliphatic heterocycles. The highest BCUT2D eigenvalue weighted by Gasteiger charge is 2.13. The number of rotatable bonds is 5. The number of nitrogen functional groups attached to an aromatic ring is 1. The number of hydrogen-bond donors (Lipinski definition) is 1. The summed E-state index contributed by atoms with van der Waals surface area (Å²) < 4.78 is 1.81. The summed E-state index contributed by atoms with van der Waals surface area (Å²) in [5.74, 6) is 0.536. The summed E-state index contributed by atoms with van der Waals surface area (Å²) in [6.07, 6.45) is 0.410. The van der Waals surface area contributed by atoms with Gasteiger partial charge in [0.1, 0.15) is 5.52 Å². The molecule has 20 heavy (non-hydrogen) atoms. The van der Waals surface area contributed by atoms with Gasteiger partial charge < -0.3 is 10.6 Å². The summed E-state index contributed by atoms with van der Waals surface area (Å²) in [7, 11) is 0. The molecule has 2 N–H and O–H groups in total. The number of hydrogen-bond acceptors (Lipinski definition) is 4. The van der Waals surface area contributed by atoms with Crippen LogP contribution in [0.5, 0.6) is 0 Å². The van der Waals surface area contributed by atoms with E-state index in [0.29, 0.717) is 18.9 Å². The second kappa shape index (κ2) is 5.90. The van der Waals surface area contributed by atoms with Crippen LogP contribution in [-0.2, 0) is 11.3 Å². The number of amides is 1. The Morgan fingerprint density at radius 1 is 1.30 bits per heavy atom. The number of imidazole rings is 1. The van der Waals surface area contributed by atoms with E-state index in [0.717, 1.165) is 29.9 Å². The Morgan fingerprint density at radius 2 is 2.00 bits per heavy atom. The summed E-state index contributed by atoms with van der Waals surface area (Å²) in [6.45, 7) is 7.85. The van der Waals surface area contributed by atoms with Crippen molar-refractivity contribution in [3.63, 3.8) is 0 Å². The molecule has 2 aromatic heterocycles. The van der Waals surface area contributed by atoms with Crippen molar-refractivity contribution in [3.05, 3.63) is 17.8 Å². The summed E-state index contributed by atoms with van der Waals surface area (Å²) in [4.78, 5) is 22.6. The number of carbonyl (C=O) groups is 1. The van der Waals surface area contributed by atoms with E-state index in [-0.39, 0.29) is 5.91 Å². The third-order valence-corrected chi connectivity index (χ3v) is 3.43. The maximum Gasteiger partial charge on any atom is 0.224 e. The Hall–Kier alpha value is -2.11. The van der Waals surface area contributed by atoms with Gasteiger partial charge in [-0.1, -0.05) is 0 Å². The van der Waals surface area contributed by atoms with Gasteiger partial charge in [0.25, 0.3) is 0 Å². The van der Waals surface area contributed by atoms with E-state index >= 15 is 0 Å². The van der Waals surface area contributed by atoms with Crippen molar-refractivity contribution in [1.29, 1.82) is 0 Å². The van der Waals surface area contributed by atoms with Gasteiger partial charge in [-0.25, -0.2) is 9.97 Å². The molecule has 0 atom stereocenters. The van der Waals surface area contributed by atoms with Crippen LogP contribution in [0.25, 0.3) is 11.2 Å². The molecular formula is C14H21N5O. The number of anilines is 1. The van der Waals surface area contributed by atoms with Crippen LogP contribution in [0.15, 0.2) is 12.1 Å². The molecule has 0 radical (unpaired) electrons. The molecule has 0 saturated heterocycles. The summed E-state index contributed by atoms with van der Waals surface area (Å²) >= 11 is 0. The maximum atomic E-state index is 12.0. The molecule has 1 amide bonds. The highest BCUT2D eigenvalue weighted by atomic mass is 16.2. The van der Waals surface area contributed by atoms with Crippen molar-refractivity contribution in [2.24, 2.45) is 0 Å². The lowest BCUT2D eigenvalue weighted by Crippen LogP contribution is -2.31. The van der Waals surface area contributed by atoms with Crippen molar-refractivity contribution < 1.29 is 4.79 Å². The fourth-order valence-electron chi connectivity index (χ4n) is 2.28. The van der Waals surface area contributed by atoms with Crippen LogP contribution in [0.3, 0.4) is 0 Å². The van der Waals surface area contributed by atoms with E-state index in [9.17, 15) is 4.79 Å². The fourth-order valence-corrected chi connectivity index (χ4v) is 2.28. The number of carbonyl (C=O) groups excluding carboxylic acids is 1. The van der Waals surface area contributed by atoms with Crippen molar-refractivity contribution in [1.82, 2.24) is 19.4 Å². The number of nitrogens with zero attached hydrogens (tertiary/aromatic N) is 4. The molecule has 6 heteroatoms. The molecule has 0 fully saturated rings. The van der Waals surface area contributed by atoms with Crippen LogP contribution in [0, 0.1) is 6.92 Å². The second-order valence-corrected chi connectivity index (χ2v) is 4.73. The molecule has 2 heterocycles. The van der Waals surface area contributed by atoms with Crippen molar-refractivity contribution in [2.75, 3.05) is 18.8 Å². The van der Waals surface area contributed by atoms with Gasteiger partial charge in [0.05, 0.1) is 0 Å². The van der Waals surface area contributed by atoms with Gasteiger partial charge in [-0.3, -0.25) is 9.36 Å². The Bertz CT molecular complexity index is 615. The Balaban J connectivity index is 2.19. The van der Waals surface area contributed by atoms with Gasteiger partial charge in [0.2, 0.25) is 11.9 Å². The van der Waals surface area contributed by atoms with E-state index in [2.05, 4.69) is 9.97 Å². The monoisotopic (exact) mass is 275 g/mol. The van der Waals surface area contributed by atoms with Crippen LogP contribution in [0.1, 0.15) is 26.0 Å². The fraction of sp³-hybridized carbons (Fsp3) is 0.500. The molecular weight excluding hydrogens is 254 g/mol. The first-order chi connectivity index (χ1) is 9.56. The molecule has 2 rings (SSSR count). The minimum absolute atomic E-state index is 0.129. The number of aromatic nitrogens is 3. The van der Waals surface area contributed by atoms with Gasteiger partial charge in [-0.15, -0.1) is 0 Å². The smallest absolute Gasteiger partial charge is 0.224 e. The normalized spacial score (nSPS) is 10.9. The Labute approximate surface area is 118 Å². The summed E-state index contributed by atoms with van der Waals surface area (Å²) in [6, 6.07) is 3.80. The van der Waals surface area contributed by atoms with E-state index < -0.39 is 0 Å². The first-order valence-electron chi connectivity index (χ1n) is 6.94. The molecule has 0 spiro atoms. The minimum Gasteiger partial charge on any atom is -0.369 e. The lowest BCUT2D eigenvalue weighted by Gasteiger charge is -2.18. The Morgan fingerprint density at radius 3 is 2.65 bits per heavy atom. The van der Waals surface area contributed by atoms with E-state index in [1.54, 1.807) is 0 Å². The van der Waals surface area contributed by atoms with Gasteiger partial charge in [0, 0.05) is 31.7 Å². The van der Waals surface area contributed by atoms with Crippen LogP contribution < -0.4 is 5.73 Å². The molecule has 0 unspecified atom stereocenters. The van der Waals surface area contributed by atoms with E-state index in [1.165, 1.54) is 0 Å². The van der Waals surface area contributed by atoms with Crippen molar-refractivity contribution in [2.45, 2.75) is 33.7 Å². The standard InChI is InChI=1S/C14H21N5O/c1-4-18(5-2)12(20)8-9-19-13-11(17-14(19)15)7-6-10(3)16-13/h6-7H,4-5,8-9H2,1-3H3,(H2,15,17). The molecule has 0 aliphatic carbocycles. The predicted octanol–water partition coefficient (Wildman–Crippen LogP) is 1.58. The molecule has 0 aromatic carbocycles. The lowest BCUT2D eigenvalue weighted by atomic mass is 10.3. The number of aryl methyl sites for hydroxylation is 2. The molecule has 0 saturated carbocycles. The van der Waals surface area contributed by atoms with Gasteiger partial charge >= 0.3 is 0 Å². The third kappa shape index (κ3) is 2.74. The van der Waals surface area contributed by atoms with Crippen LogP contribution >= 0.6 is 0 Å². The zero-order valence-electron chi connectivity index (χ0n) is 12.3. The number of fused-ring (bicyclic) bond motifs is 1. The van der Waals surface area contributed by atoms with Crippen molar-refractivity contribution >= 4 is 23.0 Å². The summed E-state index contributed by atoms with van der Waals surface area (Å²) in [5.41, 5.74) is 8.34. The van der Waals surface area contributed by atoms with Crippen molar-refractivity contribution in [3.8, 4) is 0 Å². The first kappa shape index (κ1) is 14.3. The number of nitrogens with two attached hydrogens (primary N) is 1. The first-order valence-corrected chi connectivity index (χ1v) is 6.94. The van der Waals surface area contributed by atoms with Crippen LogP contribution in [0.2, 0.25) is 0 Å². The molecule has 108 valence electrons. The average Bonchev–Trinajstić information content (AvgIpc) is 2.73.